The van der Waals surface area contributed by atoms with Gasteiger partial charge in [0.1, 0.15) is 0 Å². The Labute approximate surface area is 134 Å². The van der Waals surface area contributed by atoms with Gasteiger partial charge in [-0.05, 0) is 54.0 Å². The number of benzene rings is 1. The molecule has 3 N–H and O–H groups in total. The van der Waals surface area contributed by atoms with E-state index in [0.29, 0.717) is 6.04 Å². The number of hydrogen-bond acceptors (Lipinski definition) is 4. The molecule has 0 aromatic heterocycles. The first-order valence-corrected chi connectivity index (χ1v) is 8.09. The van der Waals surface area contributed by atoms with Crippen LogP contribution in [-0.4, -0.2) is 48.7 Å². The summed E-state index contributed by atoms with van der Waals surface area (Å²) in [5.74, 6) is 0.128. The van der Waals surface area contributed by atoms with Crippen molar-refractivity contribution >= 4 is 27.5 Å². The molecule has 1 aliphatic rings. The molecule has 1 aromatic carbocycles. The quantitative estimate of drug-likeness (QED) is 0.369. The first kappa shape index (κ1) is 16.1. The van der Waals surface area contributed by atoms with E-state index >= 15 is 0 Å². The van der Waals surface area contributed by atoms with Gasteiger partial charge in [0, 0.05) is 29.8 Å². The fourth-order valence-electron chi connectivity index (χ4n) is 3.07. The van der Waals surface area contributed by atoms with E-state index < -0.39 is 0 Å². The maximum atomic E-state index is 9.00. The number of anilines is 1. The van der Waals surface area contributed by atoms with Crippen LogP contribution in [0.25, 0.3) is 0 Å². The Hall–Kier alpha value is -1.27. The topological polar surface area (TPSA) is 65.1 Å². The van der Waals surface area contributed by atoms with E-state index in [2.05, 4.69) is 44.9 Å². The average molecular weight is 355 g/mol. The molecule has 1 aromatic rings. The summed E-state index contributed by atoms with van der Waals surface area (Å²) in [4.78, 5) is 4.70. The molecule has 0 amide bonds. The van der Waals surface area contributed by atoms with Crippen molar-refractivity contribution < 1.29 is 5.21 Å². The van der Waals surface area contributed by atoms with Crippen molar-refractivity contribution in [1.82, 2.24) is 4.90 Å². The zero-order valence-corrected chi connectivity index (χ0v) is 14.2. The van der Waals surface area contributed by atoms with Crippen molar-refractivity contribution in [1.29, 1.82) is 0 Å². The summed E-state index contributed by atoms with van der Waals surface area (Å²) in [7, 11) is 2.06. The van der Waals surface area contributed by atoms with Gasteiger partial charge in [-0.25, -0.2) is 0 Å². The molecular formula is C15H23BrN4O. The van der Waals surface area contributed by atoms with Gasteiger partial charge in [0.05, 0.1) is 5.56 Å². The standard InChI is InChI=1S/C15H23BrN4O/c1-3-20-9-5-6-11(20)10-19(2)13-8-4-7-12(16)14(13)15(17)18-21/h4,7-8,11,21H,3,5-6,9-10H2,1-2H3,(H2,17,18). The number of rotatable bonds is 5. The van der Waals surface area contributed by atoms with Gasteiger partial charge in [0.15, 0.2) is 5.84 Å². The van der Waals surface area contributed by atoms with Crippen LogP contribution in [-0.2, 0) is 0 Å². The van der Waals surface area contributed by atoms with Gasteiger partial charge >= 0.3 is 0 Å². The van der Waals surface area contributed by atoms with Crippen LogP contribution in [0.4, 0.5) is 5.69 Å². The third-order valence-electron chi connectivity index (χ3n) is 4.16. The van der Waals surface area contributed by atoms with Crippen LogP contribution >= 0.6 is 15.9 Å². The normalized spacial score (nSPS) is 20.0. The van der Waals surface area contributed by atoms with Gasteiger partial charge in [-0.1, -0.05) is 18.1 Å². The van der Waals surface area contributed by atoms with Crippen molar-refractivity contribution in [2.75, 3.05) is 31.6 Å². The number of nitrogens with zero attached hydrogens (tertiary/aromatic N) is 3. The molecule has 116 valence electrons. The van der Waals surface area contributed by atoms with E-state index in [1.165, 1.54) is 19.4 Å². The molecule has 0 spiro atoms. The third kappa shape index (κ3) is 3.49. The maximum Gasteiger partial charge on any atom is 0.173 e. The minimum Gasteiger partial charge on any atom is -0.409 e. The lowest BCUT2D eigenvalue weighted by atomic mass is 10.1. The van der Waals surface area contributed by atoms with Crippen molar-refractivity contribution in [3.63, 3.8) is 0 Å². The molecular weight excluding hydrogens is 332 g/mol. The minimum atomic E-state index is 0.128. The predicted octanol–water partition coefficient (Wildman–Crippen LogP) is 2.46. The molecule has 0 saturated carbocycles. The van der Waals surface area contributed by atoms with Crippen LogP contribution < -0.4 is 10.6 Å². The van der Waals surface area contributed by atoms with Gasteiger partial charge in [-0.15, -0.1) is 0 Å². The Bertz CT molecular complexity index is 520. The molecule has 1 fully saturated rings. The summed E-state index contributed by atoms with van der Waals surface area (Å²) in [6.45, 7) is 5.42. The highest BCUT2D eigenvalue weighted by Gasteiger charge is 2.25. The molecule has 0 aliphatic carbocycles. The third-order valence-corrected chi connectivity index (χ3v) is 4.82. The lowest BCUT2D eigenvalue weighted by molar-refractivity contribution is 0.270. The molecule has 5 nitrogen and oxygen atoms in total. The van der Waals surface area contributed by atoms with E-state index in [1.807, 2.05) is 18.2 Å². The van der Waals surface area contributed by atoms with Gasteiger partial charge in [-0.2, -0.15) is 0 Å². The molecule has 6 heteroatoms. The van der Waals surface area contributed by atoms with Crippen LogP contribution in [0.1, 0.15) is 25.3 Å². The van der Waals surface area contributed by atoms with E-state index in [1.54, 1.807) is 0 Å². The SMILES string of the molecule is CCN1CCCC1CN(C)c1cccc(Br)c1/C(N)=N/O. The number of oxime groups is 1. The van der Waals surface area contributed by atoms with Gasteiger partial charge in [0.2, 0.25) is 0 Å². The molecule has 1 atom stereocenters. The minimum absolute atomic E-state index is 0.128. The Morgan fingerprint density at radius 1 is 1.57 bits per heavy atom. The molecule has 1 heterocycles. The van der Waals surface area contributed by atoms with Crippen molar-refractivity contribution in [2.45, 2.75) is 25.8 Å². The highest BCUT2D eigenvalue weighted by atomic mass is 79.9. The van der Waals surface area contributed by atoms with Crippen LogP contribution in [0, 0.1) is 0 Å². The lowest BCUT2D eigenvalue weighted by Gasteiger charge is -2.30. The number of hydrogen-bond donors (Lipinski definition) is 2. The van der Waals surface area contributed by atoms with Crippen LogP contribution in [0.2, 0.25) is 0 Å². The lowest BCUT2D eigenvalue weighted by Crippen LogP contribution is -2.39. The first-order chi connectivity index (χ1) is 10.1. The molecule has 1 aliphatic heterocycles. The summed E-state index contributed by atoms with van der Waals surface area (Å²) in [5, 5.41) is 12.2. The molecule has 1 saturated heterocycles. The summed E-state index contributed by atoms with van der Waals surface area (Å²) < 4.78 is 0.834. The Morgan fingerprint density at radius 3 is 3.00 bits per heavy atom. The van der Waals surface area contributed by atoms with E-state index in [9.17, 15) is 0 Å². The van der Waals surface area contributed by atoms with E-state index in [-0.39, 0.29) is 5.84 Å². The number of amidine groups is 1. The van der Waals surface area contributed by atoms with Crippen molar-refractivity contribution in [3.8, 4) is 0 Å². The molecule has 0 radical (unpaired) electrons. The molecule has 0 bridgehead atoms. The van der Waals surface area contributed by atoms with Crippen LogP contribution in [0.15, 0.2) is 27.8 Å². The Kier molecular flexibility index (Phi) is 5.47. The maximum absolute atomic E-state index is 9.00. The van der Waals surface area contributed by atoms with Gasteiger partial charge in [0.25, 0.3) is 0 Å². The highest BCUT2D eigenvalue weighted by Crippen LogP contribution is 2.28. The largest absolute Gasteiger partial charge is 0.409 e. The van der Waals surface area contributed by atoms with E-state index in [0.717, 1.165) is 28.8 Å². The monoisotopic (exact) mass is 354 g/mol. The van der Waals surface area contributed by atoms with Gasteiger partial charge < -0.3 is 15.8 Å². The number of likely N-dealkylation sites (N-methyl/N-ethyl adjacent to an activating group) is 2. The van der Waals surface area contributed by atoms with Crippen LogP contribution in [0.5, 0.6) is 0 Å². The van der Waals surface area contributed by atoms with Crippen molar-refractivity contribution in [2.24, 2.45) is 10.9 Å². The van der Waals surface area contributed by atoms with Crippen molar-refractivity contribution in [3.05, 3.63) is 28.2 Å². The van der Waals surface area contributed by atoms with Gasteiger partial charge in [-0.3, -0.25) is 4.90 Å². The second kappa shape index (κ2) is 7.13. The summed E-state index contributed by atoms with van der Waals surface area (Å²) >= 11 is 3.49. The summed E-state index contributed by atoms with van der Waals surface area (Å²) in [6, 6.07) is 6.44. The first-order valence-electron chi connectivity index (χ1n) is 7.30. The second-order valence-electron chi connectivity index (χ2n) is 5.42. The number of likely N-dealkylation sites (tertiary alicyclic amines) is 1. The predicted molar refractivity (Wildman–Crippen MR) is 90.2 cm³/mol. The average Bonchev–Trinajstić information content (AvgIpc) is 2.93. The Balaban J connectivity index is 2.23. The molecule has 2 rings (SSSR count). The van der Waals surface area contributed by atoms with Crippen LogP contribution in [0.3, 0.4) is 0 Å². The highest BCUT2D eigenvalue weighted by molar-refractivity contribution is 9.10. The zero-order valence-electron chi connectivity index (χ0n) is 12.6. The second-order valence-corrected chi connectivity index (χ2v) is 6.28. The zero-order chi connectivity index (χ0) is 15.4. The molecule has 1 unspecified atom stereocenters. The number of nitrogens with two attached hydrogens (primary N) is 1. The fourth-order valence-corrected chi connectivity index (χ4v) is 3.63. The fraction of sp³-hybridized carbons (Fsp3) is 0.533. The molecule has 21 heavy (non-hydrogen) atoms. The summed E-state index contributed by atoms with van der Waals surface area (Å²) in [5.41, 5.74) is 7.54. The smallest absolute Gasteiger partial charge is 0.173 e. The van der Waals surface area contributed by atoms with E-state index in [4.69, 9.17) is 10.9 Å². The Morgan fingerprint density at radius 2 is 2.33 bits per heavy atom. The summed E-state index contributed by atoms with van der Waals surface area (Å²) in [6.07, 6.45) is 2.49. The number of halogens is 1.